The van der Waals surface area contributed by atoms with Crippen LogP contribution in [-0.4, -0.2) is 13.7 Å². The molecule has 0 saturated carbocycles. The third kappa shape index (κ3) is 4.00. The molecule has 0 unspecified atom stereocenters. The van der Waals surface area contributed by atoms with Crippen molar-refractivity contribution >= 4 is 65.4 Å². The number of fused-ring (bicyclic) bond motifs is 10. The van der Waals surface area contributed by atoms with Gasteiger partial charge < -0.3 is 13.7 Å². The molecule has 0 radical (unpaired) electrons. The Bertz CT molecular complexity index is 3120. The molecule has 0 amide bonds. The van der Waals surface area contributed by atoms with E-state index in [0.29, 0.717) is 0 Å². The van der Waals surface area contributed by atoms with Gasteiger partial charge in [-0.1, -0.05) is 121 Å². The van der Waals surface area contributed by atoms with E-state index < -0.39 is 0 Å². The van der Waals surface area contributed by atoms with Crippen molar-refractivity contribution in [1.29, 1.82) is 0 Å². The van der Waals surface area contributed by atoms with E-state index in [1.54, 1.807) is 0 Å². The van der Waals surface area contributed by atoms with E-state index in [0.717, 1.165) is 11.4 Å². The van der Waals surface area contributed by atoms with Crippen molar-refractivity contribution < 1.29 is 0 Å². The van der Waals surface area contributed by atoms with Crippen LogP contribution in [0, 0.1) is 0 Å². The molecule has 11 rings (SSSR count). The van der Waals surface area contributed by atoms with E-state index in [1.807, 2.05) is 0 Å². The third-order valence-corrected chi connectivity index (χ3v) is 10.6. The number of rotatable bonds is 4. The Kier molecular flexibility index (Phi) is 5.96. The Hall–Kier alpha value is -6.84. The van der Waals surface area contributed by atoms with Gasteiger partial charge in [0, 0.05) is 49.4 Å². The minimum Gasteiger partial charge on any atom is -0.309 e. The van der Waals surface area contributed by atoms with Crippen LogP contribution in [0.1, 0.15) is 0 Å². The molecule has 0 fully saturated rings. The second-order valence-electron chi connectivity index (χ2n) is 13.3. The summed E-state index contributed by atoms with van der Waals surface area (Å²) in [5.74, 6) is 0. The molecule has 3 nitrogen and oxygen atoms in total. The molecule has 238 valence electrons. The van der Waals surface area contributed by atoms with Crippen LogP contribution in [-0.2, 0) is 0 Å². The number of para-hydroxylation sites is 5. The van der Waals surface area contributed by atoms with Crippen molar-refractivity contribution in [3.8, 4) is 28.2 Å². The van der Waals surface area contributed by atoms with Crippen LogP contribution < -0.4 is 0 Å². The molecule has 0 atom stereocenters. The Morgan fingerprint density at radius 1 is 0.275 bits per heavy atom. The van der Waals surface area contributed by atoms with Crippen molar-refractivity contribution in [1.82, 2.24) is 13.7 Å². The number of hydrogen-bond donors (Lipinski definition) is 0. The summed E-state index contributed by atoms with van der Waals surface area (Å²) < 4.78 is 7.29. The van der Waals surface area contributed by atoms with Gasteiger partial charge in [0.2, 0.25) is 0 Å². The maximum absolute atomic E-state index is 2.49. The summed E-state index contributed by atoms with van der Waals surface area (Å²) in [6.07, 6.45) is 0. The number of hydrogen-bond acceptors (Lipinski definition) is 0. The van der Waals surface area contributed by atoms with Gasteiger partial charge >= 0.3 is 0 Å². The molecule has 11 aromatic rings. The highest BCUT2D eigenvalue weighted by Crippen LogP contribution is 2.43. The maximum Gasteiger partial charge on any atom is 0.0641 e. The maximum atomic E-state index is 2.49. The minimum atomic E-state index is 1.14. The van der Waals surface area contributed by atoms with Crippen LogP contribution in [0.5, 0.6) is 0 Å². The molecule has 0 saturated heterocycles. The van der Waals surface area contributed by atoms with Crippen molar-refractivity contribution in [3.63, 3.8) is 0 Å². The van der Waals surface area contributed by atoms with E-state index in [-0.39, 0.29) is 0 Å². The molecule has 3 heterocycles. The summed E-state index contributed by atoms with van der Waals surface area (Å²) in [5.41, 5.74) is 13.2. The predicted molar refractivity (Wildman–Crippen MR) is 215 cm³/mol. The van der Waals surface area contributed by atoms with Gasteiger partial charge in [-0.25, -0.2) is 0 Å². The van der Waals surface area contributed by atoms with Gasteiger partial charge in [0.25, 0.3) is 0 Å². The van der Waals surface area contributed by atoms with Gasteiger partial charge in [-0.05, 0) is 77.9 Å². The van der Waals surface area contributed by atoms with Crippen LogP contribution in [0.4, 0.5) is 0 Å². The lowest BCUT2D eigenvalue weighted by Crippen LogP contribution is -1.96. The highest BCUT2D eigenvalue weighted by Gasteiger charge is 2.21. The normalized spacial score (nSPS) is 11.9. The molecule has 0 aliphatic rings. The molecule has 0 N–H and O–H groups in total. The molecular weight excluding hydrogens is 619 g/mol. The van der Waals surface area contributed by atoms with Crippen LogP contribution in [0.15, 0.2) is 188 Å². The van der Waals surface area contributed by atoms with Crippen molar-refractivity contribution in [2.75, 3.05) is 0 Å². The Labute approximate surface area is 294 Å². The molecule has 3 heteroatoms. The summed E-state index contributed by atoms with van der Waals surface area (Å²) >= 11 is 0. The average molecular weight is 650 g/mol. The molecule has 0 aliphatic heterocycles. The number of benzene rings is 8. The van der Waals surface area contributed by atoms with Crippen LogP contribution in [0.25, 0.3) is 93.6 Å². The number of nitrogens with zero attached hydrogens (tertiary/aromatic N) is 3. The van der Waals surface area contributed by atoms with E-state index in [4.69, 9.17) is 0 Å². The first-order chi connectivity index (χ1) is 25.3. The monoisotopic (exact) mass is 649 g/mol. The first kappa shape index (κ1) is 28.0. The first-order valence-corrected chi connectivity index (χ1v) is 17.5. The minimum absolute atomic E-state index is 1.14. The SMILES string of the molecule is c1ccc(-n2c3ccccc3c3c(-c4cccc(-n5c6ccccc6c6ccc7c(c8ccccc8n7-c7ccccc7)c65)c4)cccc32)cc1. The van der Waals surface area contributed by atoms with Gasteiger partial charge in [0.1, 0.15) is 0 Å². The highest BCUT2D eigenvalue weighted by molar-refractivity contribution is 6.26. The Morgan fingerprint density at radius 3 is 1.43 bits per heavy atom. The number of aromatic nitrogens is 3. The lowest BCUT2D eigenvalue weighted by molar-refractivity contribution is 1.17. The van der Waals surface area contributed by atoms with E-state index in [1.165, 1.54) is 82.2 Å². The molecule has 0 aliphatic carbocycles. The third-order valence-electron chi connectivity index (χ3n) is 10.6. The summed E-state index contributed by atoms with van der Waals surface area (Å²) in [5, 5.41) is 7.55. The van der Waals surface area contributed by atoms with Gasteiger partial charge in [-0.3, -0.25) is 0 Å². The van der Waals surface area contributed by atoms with Crippen LogP contribution in [0.3, 0.4) is 0 Å². The molecule has 8 aromatic carbocycles. The first-order valence-electron chi connectivity index (χ1n) is 17.5. The summed E-state index contributed by atoms with van der Waals surface area (Å²) in [4.78, 5) is 0. The smallest absolute Gasteiger partial charge is 0.0641 e. The van der Waals surface area contributed by atoms with Gasteiger partial charge in [-0.15, -0.1) is 0 Å². The van der Waals surface area contributed by atoms with Crippen LogP contribution >= 0.6 is 0 Å². The second-order valence-corrected chi connectivity index (χ2v) is 13.3. The standard InChI is InChI=1S/C48H31N3/c1-3-16-33(17-4-1)49-42-26-11-8-22-39(42)46-36(24-14-28-44(46)49)32-15-13-20-35(31-32)51-41-25-10-7-21-37(41)38-29-30-45-47(48(38)51)40-23-9-12-27-43(40)50(45)34-18-5-2-6-19-34/h1-31H. The van der Waals surface area contributed by atoms with E-state index >= 15 is 0 Å². The zero-order valence-electron chi connectivity index (χ0n) is 27.7. The zero-order valence-corrected chi connectivity index (χ0v) is 27.7. The van der Waals surface area contributed by atoms with E-state index in [2.05, 4.69) is 202 Å². The molecule has 3 aromatic heterocycles. The quantitative estimate of drug-likeness (QED) is 0.180. The van der Waals surface area contributed by atoms with Crippen molar-refractivity contribution in [2.45, 2.75) is 0 Å². The predicted octanol–water partition coefficient (Wildman–Crippen LogP) is 12.6. The Balaban J connectivity index is 1.22. The average Bonchev–Trinajstić information content (AvgIpc) is 3.84. The fraction of sp³-hybridized carbons (Fsp3) is 0. The summed E-state index contributed by atoms with van der Waals surface area (Å²) in [7, 11) is 0. The van der Waals surface area contributed by atoms with Gasteiger partial charge in [0.15, 0.2) is 0 Å². The molecule has 0 bridgehead atoms. The lowest BCUT2D eigenvalue weighted by atomic mass is 9.99. The fourth-order valence-corrected chi connectivity index (χ4v) is 8.56. The topological polar surface area (TPSA) is 14.8 Å². The van der Waals surface area contributed by atoms with Gasteiger partial charge in [-0.2, -0.15) is 0 Å². The summed E-state index contributed by atoms with van der Waals surface area (Å²) in [6.45, 7) is 0. The Morgan fingerprint density at radius 2 is 0.765 bits per heavy atom. The fourth-order valence-electron chi connectivity index (χ4n) is 8.56. The lowest BCUT2D eigenvalue weighted by Gasteiger charge is -2.13. The summed E-state index contributed by atoms with van der Waals surface area (Å²) in [6, 6.07) is 68.3. The van der Waals surface area contributed by atoms with Crippen molar-refractivity contribution in [3.05, 3.63) is 188 Å². The zero-order chi connectivity index (χ0) is 33.5. The molecular formula is C48H31N3. The molecule has 0 spiro atoms. The van der Waals surface area contributed by atoms with Crippen LogP contribution in [0.2, 0.25) is 0 Å². The largest absolute Gasteiger partial charge is 0.309 e. The van der Waals surface area contributed by atoms with E-state index in [9.17, 15) is 0 Å². The highest BCUT2D eigenvalue weighted by atomic mass is 15.0. The van der Waals surface area contributed by atoms with Crippen molar-refractivity contribution in [2.24, 2.45) is 0 Å². The van der Waals surface area contributed by atoms with Gasteiger partial charge in [0.05, 0.1) is 33.1 Å². The molecule has 51 heavy (non-hydrogen) atoms. The second kappa shape index (κ2) is 10.8.